The van der Waals surface area contributed by atoms with E-state index in [1.165, 1.54) is 10.4 Å². The summed E-state index contributed by atoms with van der Waals surface area (Å²) in [5.41, 5.74) is 1.24. The topological polar surface area (TPSA) is 0 Å². The standard InChI is InChI=1S/C12H10S/c1-9-8-12(13-10(9)2)11-6-4-3-5-7-11/h3-8H,1-2H2. The van der Waals surface area contributed by atoms with Crippen LogP contribution in [-0.4, -0.2) is 0 Å². The maximum atomic E-state index is 3.92. The molecule has 2 aromatic rings. The van der Waals surface area contributed by atoms with E-state index in [0.717, 1.165) is 9.75 Å². The third-order valence-electron chi connectivity index (χ3n) is 1.95. The number of thiophene rings is 1. The lowest BCUT2D eigenvalue weighted by Crippen LogP contribution is -2.11. The van der Waals surface area contributed by atoms with Crippen molar-refractivity contribution in [2.24, 2.45) is 0 Å². The molecular weight excluding hydrogens is 176 g/mol. The van der Waals surface area contributed by atoms with Crippen LogP contribution in [0.25, 0.3) is 23.6 Å². The van der Waals surface area contributed by atoms with Crippen LogP contribution in [-0.2, 0) is 0 Å². The first kappa shape index (κ1) is 8.27. The summed E-state index contributed by atoms with van der Waals surface area (Å²) in [5, 5.41) is 1.03. The molecule has 0 nitrogen and oxygen atoms in total. The van der Waals surface area contributed by atoms with Crippen LogP contribution in [0.15, 0.2) is 36.4 Å². The Morgan fingerprint density at radius 2 is 1.69 bits per heavy atom. The fourth-order valence-electron chi connectivity index (χ4n) is 1.21. The van der Waals surface area contributed by atoms with Gasteiger partial charge in [0.1, 0.15) is 0 Å². The Bertz CT molecular complexity index is 466. The van der Waals surface area contributed by atoms with E-state index in [0.29, 0.717) is 0 Å². The normalized spacial score (nSPS) is 10.2. The molecule has 0 saturated heterocycles. The maximum absolute atomic E-state index is 3.92. The van der Waals surface area contributed by atoms with Crippen molar-refractivity contribution in [2.75, 3.05) is 0 Å². The van der Waals surface area contributed by atoms with Crippen LogP contribution in [0, 0.1) is 0 Å². The first-order chi connectivity index (χ1) is 6.27. The smallest absolute Gasteiger partial charge is 0.0354 e. The molecule has 1 aromatic carbocycles. The van der Waals surface area contributed by atoms with Gasteiger partial charge in [-0.05, 0) is 16.8 Å². The van der Waals surface area contributed by atoms with Gasteiger partial charge in [-0.15, -0.1) is 11.3 Å². The quantitative estimate of drug-likeness (QED) is 0.640. The van der Waals surface area contributed by atoms with Gasteiger partial charge in [0, 0.05) is 9.41 Å². The van der Waals surface area contributed by atoms with Crippen molar-refractivity contribution in [3.63, 3.8) is 0 Å². The molecule has 1 heterocycles. The first-order valence-corrected chi connectivity index (χ1v) is 4.92. The zero-order chi connectivity index (χ0) is 9.26. The lowest BCUT2D eigenvalue weighted by Gasteiger charge is -1.93. The molecule has 0 N–H and O–H groups in total. The van der Waals surface area contributed by atoms with Crippen molar-refractivity contribution in [1.29, 1.82) is 0 Å². The summed E-state index contributed by atoms with van der Waals surface area (Å²) < 4.78 is 1.05. The molecule has 0 fully saturated rings. The highest BCUT2D eigenvalue weighted by Crippen LogP contribution is 2.19. The Kier molecular flexibility index (Phi) is 2.03. The molecule has 0 bridgehead atoms. The average molecular weight is 186 g/mol. The predicted molar refractivity (Wildman–Crippen MR) is 60.0 cm³/mol. The van der Waals surface area contributed by atoms with E-state index in [1.54, 1.807) is 11.3 Å². The van der Waals surface area contributed by atoms with Gasteiger partial charge in [-0.1, -0.05) is 43.5 Å². The van der Waals surface area contributed by atoms with E-state index in [4.69, 9.17) is 0 Å². The molecule has 0 aliphatic rings. The molecule has 0 amide bonds. The van der Waals surface area contributed by atoms with Crippen molar-refractivity contribution in [3.8, 4) is 10.4 Å². The molecule has 64 valence electrons. The number of hydrogen-bond donors (Lipinski definition) is 0. The summed E-state index contributed by atoms with van der Waals surface area (Å²) in [6.07, 6.45) is 0. The number of rotatable bonds is 1. The molecule has 0 atom stereocenters. The molecule has 1 heteroatoms. The minimum absolute atomic E-state index is 1.03. The fourth-order valence-corrected chi connectivity index (χ4v) is 2.12. The van der Waals surface area contributed by atoms with Crippen LogP contribution in [0.5, 0.6) is 0 Å². The lowest BCUT2D eigenvalue weighted by molar-refractivity contribution is 1.68. The zero-order valence-corrected chi connectivity index (χ0v) is 8.10. The summed E-state index contributed by atoms with van der Waals surface area (Å²) >= 11 is 1.69. The highest BCUT2D eigenvalue weighted by Gasteiger charge is 1.97. The van der Waals surface area contributed by atoms with Gasteiger partial charge in [-0.2, -0.15) is 0 Å². The first-order valence-electron chi connectivity index (χ1n) is 4.10. The van der Waals surface area contributed by atoms with Crippen LogP contribution in [0.1, 0.15) is 0 Å². The molecule has 0 spiro atoms. The van der Waals surface area contributed by atoms with E-state index in [9.17, 15) is 0 Å². The van der Waals surface area contributed by atoms with Crippen LogP contribution in [0.4, 0.5) is 0 Å². The number of hydrogen-bond acceptors (Lipinski definition) is 1. The molecule has 0 unspecified atom stereocenters. The Morgan fingerprint density at radius 3 is 2.23 bits per heavy atom. The zero-order valence-electron chi connectivity index (χ0n) is 7.29. The molecule has 0 aliphatic carbocycles. The monoisotopic (exact) mass is 186 g/mol. The SMILES string of the molecule is C=c1cc(-c2ccccc2)sc1=C. The average Bonchev–Trinajstić information content (AvgIpc) is 2.49. The van der Waals surface area contributed by atoms with Crippen LogP contribution in [0.3, 0.4) is 0 Å². The Balaban J connectivity index is 2.60. The Hall–Kier alpha value is -1.34. The Morgan fingerprint density at radius 1 is 1.00 bits per heavy atom. The molecular formula is C12H10S. The van der Waals surface area contributed by atoms with Crippen LogP contribution >= 0.6 is 11.3 Å². The molecule has 0 aliphatic heterocycles. The third kappa shape index (κ3) is 1.56. The van der Waals surface area contributed by atoms with E-state index >= 15 is 0 Å². The highest BCUT2D eigenvalue weighted by atomic mass is 32.1. The van der Waals surface area contributed by atoms with Crippen molar-refractivity contribution in [1.82, 2.24) is 0 Å². The largest absolute Gasteiger partial charge is 0.136 e. The fraction of sp³-hybridized carbons (Fsp3) is 0. The van der Waals surface area contributed by atoms with Crippen molar-refractivity contribution >= 4 is 24.5 Å². The summed E-state index contributed by atoms with van der Waals surface area (Å²) in [6, 6.07) is 12.4. The molecule has 0 saturated carbocycles. The van der Waals surface area contributed by atoms with Gasteiger partial charge >= 0.3 is 0 Å². The Labute approximate surface area is 81.5 Å². The number of benzene rings is 1. The maximum Gasteiger partial charge on any atom is 0.0354 e. The predicted octanol–water partition coefficient (Wildman–Crippen LogP) is 2.24. The van der Waals surface area contributed by atoms with Gasteiger partial charge in [0.15, 0.2) is 0 Å². The second-order valence-electron chi connectivity index (χ2n) is 2.93. The van der Waals surface area contributed by atoms with Gasteiger partial charge < -0.3 is 0 Å². The van der Waals surface area contributed by atoms with E-state index in [-0.39, 0.29) is 0 Å². The second-order valence-corrected chi connectivity index (χ2v) is 4.06. The van der Waals surface area contributed by atoms with Crippen molar-refractivity contribution < 1.29 is 0 Å². The van der Waals surface area contributed by atoms with Gasteiger partial charge in [-0.3, -0.25) is 0 Å². The van der Waals surface area contributed by atoms with Gasteiger partial charge in [0.2, 0.25) is 0 Å². The third-order valence-corrected chi connectivity index (χ3v) is 3.04. The van der Waals surface area contributed by atoms with E-state index in [2.05, 4.69) is 31.4 Å². The van der Waals surface area contributed by atoms with Crippen LogP contribution in [0.2, 0.25) is 0 Å². The minimum Gasteiger partial charge on any atom is -0.136 e. The lowest BCUT2D eigenvalue weighted by atomic mass is 10.2. The highest BCUT2D eigenvalue weighted by molar-refractivity contribution is 7.13. The van der Waals surface area contributed by atoms with E-state index < -0.39 is 0 Å². The van der Waals surface area contributed by atoms with E-state index in [1.807, 2.05) is 18.2 Å². The van der Waals surface area contributed by atoms with Crippen LogP contribution < -0.4 is 9.75 Å². The molecule has 2 rings (SSSR count). The summed E-state index contributed by atoms with van der Waals surface area (Å²) in [5.74, 6) is 0. The summed E-state index contributed by atoms with van der Waals surface area (Å²) in [6.45, 7) is 7.84. The minimum atomic E-state index is 1.03. The molecule has 0 radical (unpaired) electrons. The molecule has 1 aromatic heterocycles. The molecule has 13 heavy (non-hydrogen) atoms. The van der Waals surface area contributed by atoms with Gasteiger partial charge in [0.25, 0.3) is 0 Å². The van der Waals surface area contributed by atoms with Gasteiger partial charge in [-0.25, -0.2) is 0 Å². The summed E-state index contributed by atoms with van der Waals surface area (Å²) in [7, 11) is 0. The second kappa shape index (κ2) is 3.19. The van der Waals surface area contributed by atoms with Gasteiger partial charge in [0.05, 0.1) is 0 Å². The van der Waals surface area contributed by atoms with Crippen molar-refractivity contribution in [2.45, 2.75) is 0 Å². The van der Waals surface area contributed by atoms with Crippen molar-refractivity contribution in [3.05, 3.63) is 46.1 Å². The summed E-state index contributed by atoms with van der Waals surface area (Å²) in [4.78, 5) is 1.25.